The summed E-state index contributed by atoms with van der Waals surface area (Å²) < 4.78 is 0. The molecule has 22 heavy (non-hydrogen) atoms. The minimum atomic E-state index is 1.00. The van der Waals surface area contributed by atoms with Crippen molar-refractivity contribution >= 4 is 0 Å². The van der Waals surface area contributed by atoms with Crippen molar-refractivity contribution in [2.75, 3.05) is 27.2 Å². The van der Waals surface area contributed by atoms with Gasteiger partial charge in [0.2, 0.25) is 0 Å². The van der Waals surface area contributed by atoms with Crippen LogP contribution in [0.25, 0.3) is 11.1 Å². The van der Waals surface area contributed by atoms with Gasteiger partial charge in [0.25, 0.3) is 0 Å². The Morgan fingerprint density at radius 3 is 1.45 bits per heavy atom. The number of rotatable bonds is 7. The summed E-state index contributed by atoms with van der Waals surface area (Å²) in [6.07, 6.45) is 0. The van der Waals surface area contributed by atoms with Crippen LogP contribution >= 0.6 is 0 Å². The molecule has 2 aromatic carbocycles. The highest BCUT2D eigenvalue weighted by molar-refractivity contribution is 5.64. The number of benzene rings is 2. The molecule has 0 heterocycles. The van der Waals surface area contributed by atoms with Crippen LogP contribution in [0.4, 0.5) is 0 Å². The Kier molecular flexibility index (Phi) is 6.17. The van der Waals surface area contributed by atoms with E-state index < -0.39 is 0 Å². The van der Waals surface area contributed by atoms with E-state index in [1.807, 2.05) is 0 Å². The van der Waals surface area contributed by atoms with Gasteiger partial charge in [0.1, 0.15) is 0 Å². The molecule has 2 rings (SSSR count). The fourth-order valence-corrected chi connectivity index (χ4v) is 2.55. The van der Waals surface area contributed by atoms with Gasteiger partial charge in [-0.05, 0) is 61.6 Å². The zero-order chi connectivity index (χ0) is 15.9. The van der Waals surface area contributed by atoms with Gasteiger partial charge in [0.15, 0.2) is 0 Å². The zero-order valence-corrected chi connectivity index (χ0v) is 14.3. The van der Waals surface area contributed by atoms with Gasteiger partial charge < -0.3 is 9.80 Å². The first-order chi connectivity index (χ1) is 10.6. The van der Waals surface area contributed by atoms with Crippen molar-refractivity contribution in [3.8, 4) is 11.1 Å². The number of nitrogens with zero attached hydrogens (tertiary/aromatic N) is 2. The topological polar surface area (TPSA) is 6.48 Å². The fraction of sp³-hybridized carbons (Fsp3) is 0.400. The van der Waals surface area contributed by atoms with Crippen molar-refractivity contribution in [1.82, 2.24) is 9.80 Å². The van der Waals surface area contributed by atoms with Crippen LogP contribution in [-0.2, 0) is 13.1 Å². The van der Waals surface area contributed by atoms with E-state index in [2.05, 4.69) is 86.3 Å². The van der Waals surface area contributed by atoms with E-state index in [1.54, 1.807) is 0 Å². The summed E-state index contributed by atoms with van der Waals surface area (Å²) in [5.74, 6) is 0. The predicted octanol–water partition coefficient (Wildman–Crippen LogP) is 4.26. The number of hydrogen-bond acceptors (Lipinski definition) is 2. The van der Waals surface area contributed by atoms with Gasteiger partial charge >= 0.3 is 0 Å². The fourth-order valence-electron chi connectivity index (χ4n) is 2.55. The summed E-state index contributed by atoms with van der Waals surface area (Å²) in [4.78, 5) is 4.65. The second-order valence-electron chi connectivity index (χ2n) is 6.06. The summed E-state index contributed by atoms with van der Waals surface area (Å²) >= 11 is 0. The third kappa shape index (κ3) is 4.69. The normalized spacial score (nSPS) is 11.4. The lowest BCUT2D eigenvalue weighted by Crippen LogP contribution is -2.16. The van der Waals surface area contributed by atoms with Gasteiger partial charge in [0, 0.05) is 13.1 Å². The molecule has 2 heteroatoms. The highest BCUT2D eigenvalue weighted by atomic mass is 15.1. The first kappa shape index (κ1) is 16.7. The van der Waals surface area contributed by atoms with Crippen LogP contribution in [0.1, 0.15) is 25.0 Å². The van der Waals surface area contributed by atoms with Crippen molar-refractivity contribution in [3.63, 3.8) is 0 Å². The second-order valence-corrected chi connectivity index (χ2v) is 6.06. The molecule has 0 aliphatic carbocycles. The molecule has 0 saturated carbocycles. The van der Waals surface area contributed by atoms with Crippen LogP contribution in [0, 0.1) is 0 Å². The molecule has 0 bridgehead atoms. The molecule has 0 saturated heterocycles. The molecule has 118 valence electrons. The molecule has 2 aromatic rings. The Balaban J connectivity index is 2.20. The maximum absolute atomic E-state index is 2.33. The van der Waals surface area contributed by atoms with E-state index >= 15 is 0 Å². The van der Waals surface area contributed by atoms with Gasteiger partial charge in [-0.15, -0.1) is 0 Å². The van der Waals surface area contributed by atoms with E-state index in [9.17, 15) is 0 Å². The summed E-state index contributed by atoms with van der Waals surface area (Å²) in [5, 5.41) is 0. The maximum atomic E-state index is 2.33. The van der Waals surface area contributed by atoms with Crippen molar-refractivity contribution in [2.45, 2.75) is 26.9 Å². The molecule has 0 fully saturated rings. The average Bonchev–Trinajstić information content (AvgIpc) is 2.55. The molecule has 2 nitrogen and oxygen atoms in total. The van der Waals surface area contributed by atoms with Gasteiger partial charge in [-0.3, -0.25) is 0 Å². The molecule has 0 N–H and O–H groups in total. The standard InChI is InChI=1S/C20H28N2/c1-5-21(3)15-17-9-7-11-19(13-17)20-12-8-10-18(14-20)16-22(4)6-2/h7-14H,5-6,15-16H2,1-4H3. The minimum absolute atomic E-state index is 1.00. The Morgan fingerprint density at radius 1 is 0.682 bits per heavy atom. The average molecular weight is 296 g/mol. The van der Waals surface area contributed by atoms with Crippen LogP contribution in [0.15, 0.2) is 48.5 Å². The Bertz CT molecular complexity index is 538. The third-order valence-corrected chi connectivity index (χ3v) is 4.17. The van der Waals surface area contributed by atoms with E-state index in [1.165, 1.54) is 22.3 Å². The number of hydrogen-bond donors (Lipinski definition) is 0. The second kappa shape index (κ2) is 8.11. The first-order valence-electron chi connectivity index (χ1n) is 8.17. The quantitative estimate of drug-likeness (QED) is 0.753. The molecule has 0 spiro atoms. The highest BCUT2D eigenvalue weighted by Gasteiger charge is 2.04. The predicted molar refractivity (Wildman–Crippen MR) is 95.9 cm³/mol. The minimum Gasteiger partial charge on any atom is -0.302 e. The van der Waals surface area contributed by atoms with Crippen molar-refractivity contribution < 1.29 is 0 Å². The Morgan fingerprint density at radius 2 is 1.09 bits per heavy atom. The van der Waals surface area contributed by atoms with Crippen molar-refractivity contribution in [3.05, 3.63) is 59.7 Å². The summed E-state index contributed by atoms with van der Waals surface area (Å²) in [5.41, 5.74) is 5.36. The van der Waals surface area contributed by atoms with Crippen molar-refractivity contribution in [1.29, 1.82) is 0 Å². The van der Waals surface area contributed by atoms with Crippen molar-refractivity contribution in [2.24, 2.45) is 0 Å². The van der Waals surface area contributed by atoms with Crippen LogP contribution in [0.5, 0.6) is 0 Å². The van der Waals surface area contributed by atoms with E-state index in [4.69, 9.17) is 0 Å². The third-order valence-electron chi connectivity index (χ3n) is 4.17. The summed E-state index contributed by atoms with van der Waals surface area (Å²) in [6.45, 7) is 8.53. The maximum Gasteiger partial charge on any atom is 0.0230 e. The molecule has 0 unspecified atom stereocenters. The van der Waals surface area contributed by atoms with Crippen LogP contribution in [0.2, 0.25) is 0 Å². The lowest BCUT2D eigenvalue weighted by Gasteiger charge is -2.16. The molecular formula is C20H28N2. The molecule has 0 radical (unpaired) electrons. The monoisotopic (exact) mass is 296 g/mol. The molecule has 0 aliphatic heterocycles. The van der Waals surface area contributed by atoms with Gasteiger partial charge in [-0.25, -0.2) is 0 Å². The summed E-state index contributed by atoms with van der Waals surface area (Å²) in [7, 11) is 4.32. The molecule has 0 aliphatic rings. The van der Waals surface area contributed by atoms with Crippen LogP contribution in [-0.4, -0.2) is 37.0 Å². The van der Waals surface area contributed by atoms with E-state index in [-0.39, 0.29) is 0 Å². The van der Waals surface area contributed by atoms with E-state index in [0.717, 1.165) is 26.2 Å². The van der Waals surface area contributed by atoms with Gasteiger partial charge in [-0.1, -0.05) is 50.2 Å². The Hall–Kier alpha value is -1.64. The largest absolute Gasteiger partial charge is 0.302 e. The lowest BCUT2D eigenvalue weighted by molar-refractivity contribution is 0.345. The first-order valence-corrected chi connectivity index (χ1v) is 8.17. The lowest BCUT2D eigenvalue weighted by atomic mass is 10.0. The molecule has 0 atom stereocenters. The molecule has 0 aromatic heterocycles. The molecule has 0 amide bonds. The smallest absolute Gasteiger partial charge is 0.0230 e. The van der Waals surface area contributed by atoms with Crippen LogP contribution < -0.4 is 0 Å². The highest BCUT2D eigenvalue weighted by Crippen LogP contribution is 2.22. The van der Waals surface area contributed by atoms with Gasteiger partial charge in [-0.2, -0.15) is 0 Å². The molecular weight excluding hydrogens is 268 g/mol. The van der Waals surface area contributed by atoms with Gasteiger partial charge in [0.05, 0.1) is 0 Å². The Labute approximate surface area is 135 Å². The zero-order valence-electron chi connectivity index (χ0n) is 14.3. The summed E-state index contributed by atoms with van der Waals surface area (Å²) in [6, 6.07) is 17.8. The SMILES string of the molecule is CCN(C)Cc1cccc(-c2cccc(CN(C)CC)c2)c1. The van der Waals surface area contributed by atoms with E-state index in [0.29, 0.717) is 0 Å². The van der Waals surface area contributed by atoms with Crippen LogP contribution in [0.3, 0.4) is 0 Å².